The Bertz CT molecular complexity index is 719. The lowest BCUT2D eigenvalue weighted by atomic mass is 10.1. The second-order valence-corrected chi connectivity index (χ2v) is 6.22. The van der Waals surface area contributed by atoms with Crippen LogP contribution < -0.4 is 10.6 Å². The van der Waals surface area contributed by atoms with E-state index in [1.165, 1.54) is 24.3 Å². The molecule has 120 valence electrons. The molecule has 2 N–H and O–H groups in total. The van der Waals surface area contributed by atoms with E-state index >= 15 is 0 Å². The number of para-hydroxylation sites is 1. The lowest BCUT2D eigenvalue weighted by Crippen LogP contribution is -2.40. The van der Waals surface area contributed by atoms with Gasteiger partial charge in [-0.05, 0) is 57.2 Å². The molecule has 0 spiro atoms. The van der Waals surface area contributed by atoms with Gasteiger partial charge in [-0.2, -0.15) is 0 Å². The van der Waals surface area contributed by atoms with Gasteiger partial charge in [0.05, 0.1) is 5.69 Å². The molecule has 0 saturated carbocycles. The van der Waals surface area contributed by atoms with Crippen LogP contribution in [0.5, 0.6) is 0 Å². The summed E-state index contributed by atoms with van der Waals surface area (Å²) in [5, 5.41) is 5.34. The first-order valence-electron chi connectivity index (χ1n) is 7.25. The minimum atomic E-state index is -0.498. The third kappa shape index (κ3) is 4.64. The van der Waals surface area contributed by atoms with Gasteiger partial charge in [0.1, 0.15) is 5.82 Å². The van der Waals surface area contributed by atoms with Crippen molar-refractivity contribution in [2.45, 2.75) is 26.3 Å². The lowest BCUT2D eigenvalue weighted by Gasteiger charge is -2.20. The van der Waals surface area contributed by atoms with Crippen molar-refractivity contribution in [3.05, 3.63) is 65.5 Å². The molecule has 0 fully saturated rings. The summed E-state index contributed by atoms with van der Waals surface area (Å²) >= 11 is 0. The summed E-state index contributed by atoms with van der Waals surface area (Å²) in [7, 11) is 0. The van der Waals surface area contributed by atoms with E-state index < -0.39 is 11.7 Å². The van der Waals surface area contributed by atoms with Gasteiger partial charge in [0, 0.05) is 16.7 Å². The Kier molecular flexibility index (Phi) is 4.79. The van der Waals surface area contributed by atoms with Crippen LogP contribution in [0.4, 0.5) is 10.1 Å². The van der Waals surface area contributed by atoms with E-state index in [-0.39, 0.29) is 17.1 Å². The van der Waals surface area contributed by atoms with Crippen LogP contribution in [-0.4, -0.2) is 17.4 Å². The summed E-state index contributed by atoms with van der Waals surface area (Å²) < 4.78 is 13.5. The van der Waals surface area contributed by atoms with E-state index in [2.05, 4.69) is 10.6 Å². The third-order valence-corrected chi connectivity index (χ3v) is 3.02. The number of rotatable bonds is 3. The molecule has 4 nitrogen and oxygen atoms in total. The first-order valence-corrected chi connectivity index (χ1v) is 7.25. The molecule has 0 radical (unpaired) electrons. The molecule has 0 heterocycles. The van der Waals surface area contributed by atoms with Crippen LogP contribution in [0.1, 0.15) is 41.5 Å². The van der Waals surface area contributed by atoms with Crippen LogP contribution in [0.3, 0.4) is 0 Å². The van der Waals surface area contributed by atoms with E-state index in [0.717, 1.165) is 0 Å². The molecule has 5 heteroatoms. The van der Waals surface area contributed by atoms with Gasteiger partial charge in [0.25, 0.3) is 11.8 Å². The Hall–Kier alpha value is -2.69. The summed E-state index contributed by atoms with van der Waals surface area (Å²) in [4.78, 5) is 24.1. The molecular formula is C18H19FN2O2. The van der Waals surface area contributed by atoms with Crippen LogP contribution in [0.25, 0.3) is 0 Å². The summed E-state index contributed by atoms with van der Waals surface area (Å²) in [6, 6.07) is 12.1. The molecular weight excluding hydrogens is 295 g/mol. The number of anilines is 1. The summed E-state index contributed by atoms with van der Waals surface area (Å²) in [5.74, 6) is -1.14. The highest BCUT2D eigenvalue weighted by molar-refractivity contribution is 6.05. The standard InChI is InChI=1S/C18H19FN2O2/c1-18(2,3)21-17(23)13-10-8-12(9-11-13)16(22)20-15-7-5-4-6-14(15)19/h4-11H,1-3H3,(H,20,22)(H,21,23). The monoisotopic (exact) mass is 314 g/mol. The molecule has 2 rings (SSSR count). The fraction of sp³-hybridized carbons (Fsp3) is 0.222. The first kappa shape index (κ1) is 16.7. The van der Waals surface area contributed by atoms with Crippen molar-refractivity contribution < 1.29 is 14.0 Å². The minimum absolute atomic E-state index is 0.118. The van der Waals surface area contributed by atoms with E-state index in [9.17, 15) is 14.0 Å². The number of carbonyl (C=O) groups excluding carboxylic acids is 2. The van der Waals surface area contributed by atoms with E-state index in [0.29, 0.717) is 11.1 Å². The SMILES string of the molecule is CC(C)(C)NC(=O)c1ccc(C(=O)Nc2ccccc2F)cc1. The average molecular weight is 314 g/mol. The fourth-order valence-corrected chi connectivity index (χ4v) is 1.94. The van der Waals surface area contributed by atoms with Gasteiger partial charge in [-0.25, -0.2) is 4.39 Å². The van der Waals surface area contributed by atoms with Crippen molar-refractivity contribution in [1.82, 2.24) is 5.32 Å². The number of hydrogen-bond acceptors (Lipinski definition) is 2. The molecule has 0 atom stereocenters. The molecule has 2 amide bonds. The van der Waals surface area contributed by atoms with Crippen molar-refractivity contribution in [2.24, 2.45) is 0 Å². The molecule has 0 bridgehead atoms. The summed E-state index contributed by atoms with van der Waals surface area (Å²) in [5.41, 5.74) is 0.591. The zero-order chi connectivity index (χ0) is 17.0. The Balaban J connectivity index is 2.09. The van der Waals surface area contributed by atoms with E-state index in [1.54, 1.807) is 24.3 Å². The number of carbonyl (C=O) groups is 2. The van der Waals surface area contributed by atoms with Crippen molar-refractivity contribution in [3.63, 3.8) is 0 Å². The Morgan fingerprint density at radius 1 is 0.870 bits per heavy atom. The second kappa shape index (κ2) is 6.60. The highest BCUT2D eigenvalue weighted by Gasteiger charge is 2.16. The zero-order valence-electron chi connectivity index (χ0n) is 13.3. The normalized spacial score (nSPS) is 11.0. The number of amides is 2. The van der Waals surface area contributed by atoms with Crippen LogP contribution >= 0.6 is 0 Å². The Morgan fingerprint density at radius 2 is 1.39 bits per heavy atom. The maximum atomic E-state index is 13.5. The van der Waals surface area contributed by atoms with Crippen molar-refractivity contribution >= 4 is 17.5 Å². The highest BCUT2D eigenvalue weighted by Crippen LogP contribution is 2.14. The van der Waals surface area contributed by atoms with E-state index in [4.69, 9.17) is 0 Å². The van der Waals surface area contributed by atoms with Gasteiger partial charge in [-0.1, -0.05) is 12.1 Å². The van der Waals surface area contributed by atoms with Gasteiger partial charge >= 0.3 is 0 Å². The van der Waals surface area contributed by atoms with Gasteiger partial charge in [0.2, 0.25) is 0 Å². The van der Waals surface area contributed by atoms with Crippen LogP contribution in [0, 0.1) is 5.82 Å². The van der Waals surface area contributed by atoms with Crippen molar-refractivity contribution in [1.29, 1.82) is 0 Å². The molecule has 2 aromatic carbocycles. The summed E-state index contributed by atoms with van der Waals surface area (Å²) in [6.07, 6.45) is 0. The minimum Gasteiger partial charge on any atom is -0.347 e. The number of benzene rings is 2. The fourth-order valence-electron chi connectivity index (χ4n) is 1.94. The lowest BCUT2D eigenvalue weighted by molar-refractivity contribution is 0.0918. The molecule has 0 unspecified atom stereocenters. The average Bonchev–Trinajstić information content (AvgIpc) is 2.48. The molecule has 0 aliphatic carbocycles. The molecule has 0 aliphatic heterocycles. The van der Waals surface area contributed by atoms with Crippen molar-refractivity contribution in [2.75, 3.05) is 5.32 Å². The molecule has 2 aromatic rings. The third-order valence-electron chi connectivity index (χ3n) is 3.02. The van der Waals surface area contributed by atoms with Gasteiger partial charge in [0.15, 0.2) is 0 Å². The van der Waals surface area contributed by atoms with Crippen LogP contribution in [0.15, 0.2) is 48.5 Å². The topological polar surface area (TPSA) is 58.2 Å². The first-order chi connectivity index (χ1) is 10.8. The van der Waals surface area contributed by atoms with E-state index in [1.807, 2.05) is 20.8 Å². The van der Waals surface area contributed by atoms with Gasteiger partial charge < -0.3 is 10.6 Å². The zero-order valence-corrected chi connectivity index (χ0v) is 13.3. The number of halogens is 1. The predicted molar refractivity (Wildman–Crippen MR) is 88.0 cm³/mol. The molecule has 0 aromatic heterocycles. The Morgan fingerprint density at radius 3 is 1.91 bits per heavy atom. The van der Waals surface area contributed by atoms with Crippen LogP contribution in [0.2, 0.25) is 0 Å². The quantitative estimate of drug-likeness (QED) is 0.909. The summed E-state index contributed by atoms with van der Waals surface area (Å²) in [6.45, 7) is 5.67. The highest BCUT2D eigenvalue weighted by atomic mass is 19.1. The van der Waals surface area contributed by atoms with Gasteiger partial charge in [-0.3, -0.25) is 9.59 Å². The number of hydrogen-bond donors (Lipinski definition) is 2. The Labute approximate surface area is 134 Å². The van der Waals surface area contributed by atoms with Crippen molar-refractivity contribution in [3.8, 4) is 0 Å². The molecule has 23 heavy (non-hydrogen) atoms. The maximum absolute atomic E-state index is 13.5. The number of nitrogens with one attached hydrogen (secondary N) is 2. The van der Waals surface area contributed by atoms with Crippen LogP contribution in [-0.2, 0) is 0 Å². The molecule has 0 aliphatic rings. The van der Waals surface area contributed by atoms with Gasteiger partial charge in [-0.15, -0.1) is 0 Å². The largest absolute Gasteiger partial charge is 0.347 e. The maximum Gasteiger partial charge on any atom is 0.255 e. The smallest absolute Gasteiger partial charge is 0.255 e. The predicted octanol–water partition coefficient (Wildman–Crippen LogP) is 3.61. The second-order valence-electron chi connectivity index (χ2n) is 6.22. The molecule has 0 saturated heterocycles.